The van der Waals surface area contributed by atoms with Crippen LogP contribution >= 0.6 is 22.6 Å². The lowest BCUT2D eigenvalue weighted by atomic mass is 10.1. The summed E-state index contributed by atoms with van der Waals surface area (Å²) in [6.45, 7) is 0.698. The smallest absolute Gasteiger partial charge is 0.226 e. The number of imidazole rings is 1. The number of ether oxygens (including phenoxy) is 1. The highest BCUT2D eigenvalue weighted by Crippen LogP contribution is 2.33. The van der Waals surface area contributed by atoms with E-state index in [0.717, 1.165) is 21.1 Å². The van der Waals surface area contributed by atoms with Gasteiger partial charge in [-0.1, -0.05) is 30.3 Å². The van der Waals surface area contributed by atoms with Crippen molar-refractivity contribution < 1.29 is 20.1 Å². The number of nitrogens with zero attached hydrogens (tertiary/aromatic N) is 4. The summed E-state index contributed by atoms with van der Waals surface area (Å²) in [5, 5.41) is 38.3. The Morgan fingerprint density at radius 2 is 1.92 bits per heavy atom. The first kappa shape index (κ1) is 26.0. The van der Waals surface area contributed by atoms with Gasteiger partial charge in [-0.2, -0.15) is 9.97 Å². The van der Waals surface area contributed by atoms with Crippen molar-refractivity contribution in [3.05, 3.63) is 75.8 Å². The van der Waals surface area contributed by atoms with E-state index in [0.29, 0.717) is 36.0 Å². The molecule has 0 saturated carbocycles. The molecule has 11 nitrogen and oxygen atoms in total. The van der Waals surface area contributed by atoms with Crippen LogP contribution in [0.2, 0.25) is 0 Å². The molecule has 0 spiro atoms. The summed E-state index contributed by atoms with van der Waals surface area (Å²) in [5.41, 5.74) is 4.30. The molecule has 12 heteroatoms. The molecular weight excluding hydrogens is 613 g/mol. The number of benzene rings is 2. The van der Waals surface area contributed by atoms with Gasteiger partial charge in [0.1, 0.15) is 18.3 Å². The zero-order valence-electron chi connectivity index (χ0n) is 20.8. The Bertz CT molecular complexity index is 1610. The van der Waals surface area contributed by atoms with Crippen LogP contribution in [0.3, 0.4) is 0 Å². The number of aliphatic hydroxyl groups is 3. The van der Waals surface area contributed by atoms with Crippen molar-refractivity contribution in [1.82, 2.24) is 24.5 Å². The van der Waals surface area contributed by atoms with Crippen LogP contribution < -0.4 is 10.6 Å². The van der Waals surface area contributed by atoms with Gasteiger partial charge >= 0.3 is 0 Å². The lowest BCUT2D eigenvalue weighted by Gasteiger charge is -2.17. The number of H-pyrrole nitrogens is 1. The van der Waals surface area contributed by atoms with E-state index in [1.807, 2.05) is 42.6 Å². The molecule has 202 valence electrons. The average Bonchev–Trinajstić information content (AvgIpc) is 3.63. The SMILES string of the molecule is OC[C@H]1O[C@@H](n2cnc3c(NCc4cccc(I)c4)nc(NCCc4c[nH]c5ccccc45)nc32)[C@H](O)[C@@H]1O. The highest BCUT2D eigenvalue weighted by Gasteiger charge is 2.44. The van der Waals surface area contributed by atoms with Gasteiger partial charge in [0, 0.05) is 33.8 Å². The number of nitrogens with one attached hydrogen (secondary N) is 3. The third-order valence-corrected chi connectivity index (χ3v) is 7.59. The quantitative estimate of drug-likeness (QED) is 0.134. The van der Waals surface area contributed by atoms with Gasteiger partial charge in [-0.15, -0.1) is 0 Å². The van der Waals surface area contributed by atoms with Crippen LogP contribution in [0.1, 0.15) is 17.4 Å². The lowest BCUT2D eigenvalue weighted by molar-refractivity contribution is -0.0511. The second-order valence-electron chi connectivity index (χ2n) is 9.47. The molecule has 39 heavy (non-hydrogen) atoms. The Morgan fingerprint density at radius 3 is 2.74 bits per heavy atom. The number of hydrogen-bond acceptors (Lipinski definition) is 9. The van der Waals surface area contributed by atoms with Crippen LogP contribution in [-0.2, 0) is 17.7 Å². The van der Waals surface area contributed by atoms with Gasteiger partial charge in [0.05, 0.1) is 12.9 Å². The van der Waals surface area contributed by atoms with Crippen molar-refractivity contribution in [2.75, 3.05) is 23.8 Å². The number of aromatic nitrogens is 5. The van der Waals surface area contributed by atoms with Crippen molar-refractivity contribution in [3.63, 3.8) is 0 Å². The molecule has 0 amide bonds. The van der Waals surface area contributed by atoms with Crippen molar-refractivity contribution in [2.24, 2.45) is 0 Å². The molecule has 5 aromatic rings. The fraction of sp³-hybridized carbons (Fsp3) is 0.296. The molecule has 6 N–H and O–H groups in total. The molecule has 1 saturated heterocycles. The molecule has 0 bridgehead atoms. The van der Waals surface area contributed by atoms with E-state index in [4.69, 9.17) is 14.7 Å². The predicted molar refractivity (Wildman–Crippen MR) is 155 cm³/mol. The molecular formula is C27H28IN7O4. The number of halogens is 1. The highest BCUT2D eigenvalue weighted by molar-refractivity contribution is 14.1. The lowest BCUT2D eigenvalue weighted by Crippen LogP contribution is -2.33. The second-order valence-corrected chi connectivity index (χ2v) is 10.7. The van der Waals surface area contributed by atoms with Crippen LogP contribution in [0, 0.1) is 3.57 Å². The fourth-order valence-corrected chi connectivity index (χ4v) is 5.50. The van der Waals surface area contributed by atoms with Crippen molar-refractivity contribution in [3.8, 4) is 0 Å². The van der Waals surface area contributed by atoms with Gasteiger partial charge < -0.3 is 35.7 Å². The van der Waals surface area contributed by atoms with Crippen LogP contribution in [0.5, 0.6) is 0 Å². The van der Waals surface area contributed by atoms with Crippen LogP contribution in [0.4, 0.5) is 11.8 Å². The number of anilines is 2. The number of aliphatic hydroxyl groups excluding tert-OH is 3. The van der Waals surface area contributed by atoms with Crippen LogP contribution in [-0.4, -0.2) is 71.3 Å². The minimum Gasteiger partial charge on any atom is -0.394 e. The first-order valence-electron chi connectivity index (χ1n) is 12.7. The monoisotopic (exact) mass is 641 g/mol. The largest absolute Gasteiger partial charge is 0.394 e. The summed E-state index contributed by atoms with van der Waals surface area (Å²) in [7, 11) is 0. The number of rotatable bonds is 9. The third-order valence-electron chi connectivity index (χ3n) is 6.91. The first-order valence-corrected chi connectivity index (χ1v) is 13.7. The Kier molecular flexibility index (Phi) is 7.36. The minimum absolute atomic E-state index is 0.390. The van der Waals surface area contributed by atoms with Gasteiger partial charge in [0.15, 0.2) is 23.2 Å². The molecule has 4 heterocycles. The first-order chi connectivity index (χ1) is 19.0. The molecule has 1 aliphatic rings. The van der Waals surface area contributed by atoms with Gasteiger partial charge in [-0.05, 0) is 58.3 Å². The van der Waals surface area contributed by atoms with E-state index >= 15 is 0 Å². The molecule has 4 atom stereocenters. The van der Waals surface area contributed by atoms with E-state index in [1.165, 1.54) is 17.3 Å². The van der Waals surface area contributed by atoms with E-state index in [9.17, 15) is 15.3 Å². The van der Waals surface area contributed by atoms with Gasteiger partial charge in [-0.3, -0.25) is 4.57 Å². The Labute approximate surface area is 237 Å². The molecule has 0 radical (unpaired) electrons. The molecule has 3 aromatic heterocycles. The summed E-state index contributed by atoms with van der Waals surface area (Å²) < 4.78 is 8.45. The zero-order valence-corrected chi connectivity index (χ0v) is 23.0. The maximum absolute atomic E-state index is 10.6. The molecule has 2 aromatic carbocycles. The summed E-state index contributed by atoms with van der Waals surface area (Å²) in [5.74, 6) is 0.917. The third kappa shape index (κ3) is 5.17. The molecule has 1 fully saturated rings. The number of hydrogen-bond donors (Lipinski definition) is 6. The van der Waals surface area contributed by atoms with Crippen molar-refractivity contribution >= 4 is 56.4 Å². The van der Waals surface area contributed by atoms with E-state index in [1.54, 1.807) is 4.57 Å². The van der Waals surface area contributed by atoms with Gasteiger partial charge in [0.2, 0.25) is 5.95 Å². The maximum Gasteiger partial charge on any atom is 0.226 e. The standard InChI is InChI=1S/C27H28IN7O4/c28-17-5-3-4-15(10-17)11-31-24-21-25(35(14-32-21)26-23(38)22(37)20(13-36)39-26)34-27(33-24)29-9-8-16-12-30-19-7-2-1-6-18(16)19/h1-7,10,12,14,20,22-23,26,30,36-38H,8-9,11,13H2,(H2,29,31,33,34)/t20-,22-,23-,26-/m1/s1. The Balaban J connectivity index is 1.29. The summed E-state index contributed by atoms with van der Waals surface area (Å²) in [6, 6.07) is 16.3. The predicted octanol–water partition coefficient (Wildman–Crippen LogP) is 2.79. The number of fused-ring (bicyclic) bond motifs is 2. The average molecular weight is 641 g/mol. The number of para-hydroxylation sites is 1. The summed E-state index contributed by atoms with van der Waals surface area (Å²) in [4.78, 5) is 17.2. The molecule has 0 unspecified atom stereocenters. The van der Waals surface area contributed by atoms with E-state index < -0.39 is 31.1 Å². The Morgan fingerprint density at radius 1 is 1.05 bits per heavy atom. The van der Waals surface area contributed by atoms with Crippen molar-refractivity contribution in [1.29, 1.82) is 0 Å². The second kappa shape index (κ2) is 11.1. The van der Waals surface area contributed by atoms with Gasteiger partial charge in [-0.25, -0.2) is 4.98 Å². The minimum atomic E-state index is -1.25. The topological polar surface area (TPSA) is 153 Å². The maximum atomic E-state index is 10.6. The molecule has 6 rings (SSSR count). The van der Waals surface area contributed by atoms with E-state index in [-0.39, 0.29) is 0 Å². The molecule has 0 aliphatic carbocycles. The zero-order chi connectivity index (χ0) is 26.9. The van der Waals surface area contributed by atoms with E-state index in [2.05, 4.69) is 55.3 Å². The Hall–Kier alpha value is -3.30. The summed E-state index contributed by atoms with van der Waals surface area (Å²) in [6.07, 6.45) is -0.0734. The van der Waals surface area contributed by atoms with Gasteiger partial charge in [0.25, 0.3) is 0 Å². The van der Waals surface area contributed by atoms with Crippen LogP contribution in [0.25, 0.3) is 22.1 Å². The normalized spacial score (nSPS) is 21.1. The van der Waals surface area contributed by atoms with Crippen molar-refractivity contribution in [2.45, 2.75) is 37.5 Å². The molecule has 1 aliphatic heterocycles. The van der Waals surface area contributed by atoms with Crippen LogP contribution in [0.15, 0.2) is 61.1 Å². The highest BCUT2D eigenvalue weighted by atomic mass is 127. The fourth-order valence-electron chi connectivity index (χ4n) is 4.90. The number of aromatic amines is 1. The summed E-state index contributed by atoms with van der Waals surface area (Å²) >= 11 is 2.28.